The molecule has 0 aliphatic heterocycles. The lowest BCUT2D eigenvalue weighted by Crippen LogP contribution is -2.31. The summed E-state index contributed by atoms with van der Waals surface area (Å²) in [7, 11) is 2.01. The Morgan fingerprint density at radius 1 is 1.29 bits per heavy atom. The van der Waals surface area contributed by atoms with Crippen LogP contribution >= 0.6 is 0 Å². The molecule has 1 N–H and O–H groups in total. The highest BCUT2D eigenvalue weighted by Crippen LogP contribution is 2.39. The van der Waals surface area contributed by atoms with Crippen LogP contribution in [0.1, 0.15) is 70.7 Å². The van der Waals surface area contributed by atoms with E-state index in [0.29, 0.717) is 11.5 Å². The number of hydrogen-bond donors (Lipinski definition) is 1. The average molecular weight is 291 g/mol. The number of aryl methyl sites for hydroxylation is 1. The van der Waals surface area contributed by atoms with E-state index in [-0.39, 0.29) is 0 Å². The van der Waals surface area contributed by atoms with Gasteiger partial charge in [0.2, 0.25) is 0 Å². The quantitative estimate of drug-likeness (QED) is 0.899. The van der Waals surface area contributed by atoms with Crippen LogP contribution in [-0.2, 0) is 7.05 Å². The molecule has 0 amide bonds. The fraction of sp³-hybridized carbons (Fsp3) is 0.833. The van der Waals surface area contributed by atoms with E-state index in [4.69, 9.17) is 0 Å². The second-order valence-electron chi connectivity index (χ2n) is 8.02. The molecule has 1 fully saturated rings. The van der Waals surface area contributed by atoms with Crippen molar-refractivity contribution < 1.29 is 0 Å². The largest absolute Gasteiger partial charge is 0.310 e. The minimum atomic E-state index is 0.402. The number of aromatic nitrogens is 2. The zero-order chi connectivity index (χ0) is 15.6. The van der Waals surface area contributed by atoms with Crippen molar-refractivity contribution in [3.63, 3.8) is 0 Å². The molecule has 0 bridgehead atoms. The van der Waals surface area contributed by atoms with Crippen molar-refractivity contribution in [2.45, 2.75) is 66.3 Å². The first-order chi connectivity index (χ1) is 9.79. The lowest BCUT2D eigenvalue weighted by molar-refractivity contribution is 0.148. The van der Waals surface area contributed by atoms with Crippen molar-refractivity contribution in [3.8, 4) is 0 Å². The predicted octanol–water partition coefficient (Wildman–Crippen LogP) is 4.23. The van der Waals surface area contributed by atoms with Crippen molar-refractivity contribution in [2.75, 3.05) is 6.54 Å². The van der Waals surface area contributed by atoms with E-state index in [9.17, 15) is 0 Å². The fourth-order valence-electron chi connectivity index (χ4n) is 3.63. The first kappa shape index (κ1) is 16.5. The van der Waals surface area contributed by atoms with E-state index in [1.165, 1.54) is 36.9 Å². The summed E-state index contributed by atoms with van der Waals surface area (Å²) in [6.07, 6.45) is 7.57. The van der Waals surface area contributed by atoms with Crippen LogP contribution in [0.4, 0.5) is 0 Å². The van der Waals surface area contributed by atoms with Crippen molar-refractivity contribution in [1.82, 2.24) is 15.1 Å². The standard InChI is InChI=1S/C18H33N3/c1-13(17-12-20-21(6)14(17)2)19-11-15-7-9-16(10-8-15)18(3,4)5/h12-13,15-16,19H,7-11H2,1-6H3. The molecule has 1 aliphatic rings. The normalized spacial score (nSPS) is 25.0. The molecule has 1 saturated carbocycles. The van der Waals surface area contributed by atoms with Crippen molar-refractivity contribution in [2.24, 2.45) is 24.3 Å². The smallest absolute Gasteiger partial charge is 0.0540 e. The van der Waals surface area contributed by atoms with E-state index < -0.39 is 0 Å². The summed E-state index contributed by atoms with van der Waals surface area (Å²) >= 11 is 0. The van der Waals surface area contributed by atoms with E-state index in [0.717, 1.165) is 18.4 Å². The molecule has 1 heterocycles. The summed E-state index contributed by atoms with van der Waals surface area (Å²) in [5, 5.41) is 8.07. The van der Waals surface area contributed by atoms with E-state index in [1.807, 2.05) is 17.9 Å². The number of rotatable bonds is 4. The minimum absolute atomic E-state index is 0.402. The SMILES string of the molecule is Cc1c(C(C)NCC2CCC(C(C)(C)C)CC2)cnn1C. The van der Waals surface area contributed by atoms with E-state index >= 15 is 0 Å². The van der Waals surface area contributed by atoms with Crippen LogP contribution in [0.15, 0.2) is 6.20 Å². The van der Waals surface area contributed by atoms with Gasteiger partial charge in [-0.05, 0) is 63.3 Å². The second kappa shape index (κ2) is 6.51. The van der Waals surface area contributed by atoms with Crippen molar-refractivity contribution in [3.05, 3.63) is 17.5 Å². The van der Waals surface area contributed by atoms with Gasteiger partial charge in [-0.1, -0.05) is 20.8 Å². The molecule has 3 nitrogen and oxygen atoms in total. The van der Waals surface area contributed by atoms with Crippen LogP contribution in [0.3, 0.4) is 0 Å². The Morgan fingerprint density at radius 3 is 2.38 bits per heavy atom. The molecule has 1 aromatic rings. The Bertz CT molecular complexity index is 448. The van der Waals surface area contributed by atoms with Gasteiger partial charge < -0.3 is 5.32 Å². The highest BCUT2D eigenvalue weighted by molar-refractivity contribution is 5.19. The second-order valence-corrected chi connectivity index (χ2v) is 8.02. The molecule has 0 radical (unpaired) electrons. The molecule has 3 heteroatoms. The fourth-order valence-corrected chi connectivity index (χ4v) is 3.63. The first-order valence-electron chi connectivity index (χ1n) is 8.51. The van der Waals surface area contributed by atoms with Crippen LogP contribution in [0.2, 0.25) is 0 Å². The first-order valence-corrected chi connectivity index (χ1v) is 8.51. The molecular weight excluding hydrogens is 258 g/mol. The monoisotopic (exact) mass is 291 g/mol. The van der Waals surface area contributed by atoms with Gasteiger partial charge >= 0.3 is 0 Å². The average Bonchev–Trinajstić information content (AvgIpc) is 2.76. The molecule has 0 spiro atoms. The molecule has 21 heavy (non-hydrogen) atoms. The summed E-state index contributed by atoms with van der Waals surface area (Å²) in [6.45, 7) is 12.7. The number of nitrogens with zero attached hydrogens (tertiary/aromatic N) is 2. The molecule has 120 valence electrons. The Balaban J connectivity index is 1.78. The maximum Gasteiger partial charge on any atom is 0.0540 e. The van der Waals surface area contributed by atoms with Crippen LogP contribution in [0.5, 0.6) is 0 Å². The summed E-state index contributed by atoms with van der Waals surface area (Å²) < 4.78 is 1.96. The van der Waals surface area contributed by atoms with Gasteiger partial charge in [-0.15, -0.1) is 0 Å². The Labute approximate surface area is 130 Å². The molecule has 1 aromatic heterocycles. The predicted molar refractivity (Wildman–Crippen MR) is 89.3 cm³/mol. The third-order valence-electron chi connectivity index (χ3n) is 5.52. The third kappa shape index (κ3) is 4.09. The summed E-state index contributed by atoms with van der Waals surface area (Å²) in [6, 6.07) is 0.402. The third-order valence-corrected chi connectivity index (χ3v) is 5.52. The maximum atomic E-state index is 4.35. The highest BCUT2D eigenvalue weighted by Gasteiger charge is 2.29. The lowest BCUT2D eigenvalue weighted by atomic mass is 9.70. The molecular formula is C18H33N3. The van der Waals surface area contributed by atoms with Gasteiger partial charge in [0.05, 0.1) is 6.20 Å². The van der Waals surface area contributed by atoms with Gasteiger partial charge in [-0.25, -0.2) is 0 Å². The number of nitrogens with one attached hydrogen (secondary N) is 1. The molecule has 1 atom stereocenters. The topological polar surface area (TPSA) is 29.9 Å². The molecule has 0 saturated heterocycles. The van der Waals surface area contributed by atoms with Gasteiger partial charge in [0.15, 0.2) is 0 Å². The lowest BCUT2D eigenvalue weighted by Gasteiger charge is -2.37. The molecule has 1 unspecified atom stereocenters. The summed E-state index contributed by atoms with van der Waals surface area (Å²) in [4.78, 5) is 0. The number of hydrogen-bond acceptors (Lipinski definition) is 2. The van der Waals surface area contributed by atoms with Gasteiger partial charge in [-0.3, -0.25) is 4.68 Å². The highest BCUT2D eigenvalue weighted by atomic mass is 15.3. The van der Waals surface area contributed by atoms with Crippen LogP contribution in [0, 0.1) is 24.2 Å². The summed E-state index contributed by atoms with van der Waals surface area (Å²) in [5.41, 5.74) is 3.09. The zero-order valence-corrected chi connectivity index (χ0v) is 14.7. The van der Waals surface area contributed by atoms with Gasteiger partial charge in [0, 0.05) is 24.3 Å². The maximum absolute atomic E-state index is 4.35. The molecule has 1 aliphatic carbocycles. The van der Waals surface area contributed by atoms with Crippen molar-refractivity contribution >= 4 is 0 Å². The van der Waals surface area contributed by atoms with Crippen LogP contribution in [-0.4, -0.2) is 16.3 Å². The summed E-state index contributed by atoms with van der Waals surface area (Å²) in [5.74, 6) is 1.76. The Kier molecular flexibility index (Phi) is 5.13. The van der Waals surface area contributed by atoms with Crippen molar-refractivity contribution in [1.29, 1.82) is 0 Å². The van der Waals surface area contributed by atoms with Gasteiger partial charge in [-0.2, -0.15) is 5.10 Å². The van der Waals surface area contributed by atoms with Crippen LogP contribution < -0.4 is 5.32 Å². The zero-order valence-electron chi connectivity index (χ0n) is 14.7. The molecule has 0 aromatic carbocycles. The van der Waals surface area contributed by atoms with Crippen LogP contribution in [0.25, 0.3) is 0 Å². The molecule has 2 rings (SSSR count). The van der Waals surface area contributed by atoms with Gasteiger partial charge in [0.1, 0.15) is 0 Å². The van der Waals surface area contributed by atoms with E-state index in [2.05, 4.69) is 45.0 Å². The van der Waals surface area contributed by atoms with Gasteiger partial charge in [0.25, 0.3) is 0 Å². The Morgan fingerprint density at radius 2 is 1.90 bits per heavy atom. The Hall–Kier alpha value is -0.830. The van der Waals surface area contributed by atoms with E-state index in [1.54, 1.807) is 0 Å². The minimum Gasteiger partial charge on any atom is -0.310 e.